The highest BCUT2D eigenvalue weighted by Crippen LogP contribution is 2.09. The van der Waals surface area contributed by atoms with Crippen LogP contribution in [0.25, 0.3) is 0 Å². The Bertz CT molecular complexity index is 660. The molecule has 0 aliphatic carbocycles. The second-order valence-electron chi connectivity index (χ2n) is 7.80. The van der Waals surface area contributed by atoms with Crippen LogP contribution in [0.1, 0.15) is 47.0 Å². The number of rotatable bonds is 14. The lowest BCUT2D eigenvalue weighted by Gasteiger charge is -2.27. The third-order valence-electron chi connectivity index (χ3n) is 4.88. The number of carbonyl (C=O) groups is 5. The van der Waals surface area contributed by atoms with Crippen LogP contribution in [0.4, 0.5) is 0 Å². The van der Waals surface area contributed by atoms with Crippen molar-refractivity contribution in [1.82, 2.24) is 16.0 Å². The van der Waals surface area contributed by atoms with E-state index in [4.69, 9.17) is 11.5 Å². The molecule has 0 bridgehead atoms. The Kier molecular flexibility index (Phi) is 12.8. The summed E-state index contributed by atoms with van der Waals surface area (Å²) in [5, 5.41) is 16.8. The standard InChI is InChI=1S/C19H35N5O6S/c1-5-10(4)15(19(29)30)24-17(27)12(8-31)22-18(28)14(9(2)3)23-16(26)11(20)6-7-13(21)25/h9-12,14-15,31H,5-8,20H2,1-4H3,(H2,21,25)(H,22,28)(H,23,26)(H,24,27)(H,29,30). The Morgan fingerprint density at radius 3 is 1.90 bits per heavy atom. The summed E-state index contributed by atoms with van der Waals surface area (Å²) in [6.45, 7) is 6.88. The van der Waals surface area contributed by atoms with Crippen molar-refractivity contribution in [3.8, 4) is 0 Å². The third-order valence-corrected chi connectivity index (χ3v) is 5.24. The summed E-state index contributed by atoms with van der Waals surface area (Å²) in [6, 6.07) is -4.26. The van der Waals surface area contributed by atoms with Crippen molar-refractivity contribution in [2.45, 2.75) is 71.1 Å². The highest BCUT2D eigenvalue weighted by molar-refractivity contribution is 7.80. The van der Waals surface area contributed by atoms with Crippen LogP contribution in [0.2, 0.25) is 0 Å². The average Bonchev–Trinajstić information content (AvgIpc) is 2.70. The average molecular weight is 462 g/mol. The van der Waals surface area contributed by atoms with Gasteiger partial charge in [0.05, 0.1) is 6.04 Å². The van der Waals surface area contributed by atoms with Crippen LogP contribution in [0, 0.1) is 11.8 Å². The molecule has 0 aromatic rings. The zero-order valence-corrected chi connectivity index (χ0v) is 19.3. The van der Waals surface area contributed by atoms with Crippen LogP contribution in [-0.4, -0.2) is 64.6 Å². The van der Waals surface area contributed by atoms with E-state index in [1.165, 1.54) is 0 Å². The Balaban J connectivity index is 5.18. The van der Waals surface area contributed by atoms with Crippen LogP contribution in [0.5, 0.6) is 0 Å². The molecular weight excluding hydrogens is 426 g/mol. The van der Waals surface area contributed by atoms with Crippen molar-refractivity contribution in [2.24, 2.45) is 23.3 Å². The number of nitrogens with one attached hydrogen (secondary N) is 3. The summed E-state index contributed by atoms with van der Waals surface area (Å²) in [7, 11) is 0. The lowest BCUT2D eigenvalue weighted by atomic mass is 9.99. The molecule has 0 heterocycles. The van der Waals surface area contributed by atoms with Gasteiger partial charge in [-0.3, -0.25) is 19.2 Å². The minimum atomic E-state index is -1.18. The first-order chi connectivity index (χ1) is 14.3. The van der Waals surface area contributed by atoms with E-state index >= 15 is 0 Å². The zero-order valence-electron chi connectivity index (χ0n) is 18.4. The van der Waals surface area contributed by atoms with E-state index in [2.05, 4.69) is 28.6 Å². The molecule has 4 amide bonds. The summed E-state index contributed by atoms with van der Waals surface area (Å²) in [6.07, 6.45) is 0.490. The second-order valence-corrected chi connectivity index (χ2v) is 8.16. The fourth-order valence-corrected chi connectivity index (χ4v) is 2.87. The van der Waals surface area contributed by atoms with Crippen molar-refractivity contribution < 1.29 is 29.1 Å². The first-order valence-electron chi connectivity index (χ1n) is 10.1. The van der Waals surface area contributed by atoms with Crippen molar-refractivity contribution >= 4 is 42.2 Å². The van der Waals surface area contributed by atoms with E-state index in [0.717, 1.165) is 0 Å². The Labute approximate surface area is 187 Å². The van der Waals surface area contributed by atoms with E-state index in [9.17, 15) is 29.1 Å². The topological polar surface area (TPSA) is 194 Å². The highest BCUT2D eigenvalue weighted by atomic mass is 32.1. The number of hydrogen-bond donors (Lipinski definition) is 7. The third kappa shape index (κ3) is 10.0. The molecule has 12 heteroatoms. The van der Waals surface area contributed by atoms with Gasteiger partial charge in [0.2, 0.25) is 23.6 Å². The molecule has 0 rings (SSSR count). The Hall–Kier alpha value is -2.34. The van der Waals surface area contributed by atoms with Gasteiger partial charge in [-0.25, -0.2) is 4.79 Å². The summed E-state index contributed by atoms with van der Waals surface area (Å²) < 4.78 is 0. The molecule has 178 valence electrons. The van der Waals surface area contributed by atoms with Crippen LogP contribution >= 0.6 is 12.6 Å². The normalized spacial score (nSPS) is 15.8. The fraction of sp³-hybridized carbons (Fsp3) is 0.737. The van der Waals surface area contributed by atoms with Crippen molar-refractivity contribution in [3.63, 3.8) is 0 Å². The van der Waals surface area contributed by atoms with Gasteiger partial charge >= 0.3 is 5.97 Å². The van der Waals surface area contributed by atoms with E-state index in [1.54, 1.807) is 27.7 Å². The molecule has 8 N–H and O–H groups in total. The number of amides is 4. The number of nitrogens with two attached hydrogens (primary N) is 2. The number of carboxylic acid groups (broad SMARTS) is 1. The molecule has 0 aliphatic rings. The summed E-state index contributed by atoms with van der Waals surface area (Å²) in [5.74, 6) is -4.49. The van der Waals surface area contributed by atoms with Crippen molar-refractivity contribution in [3.05, 3.63) is 0 Å². The number of primary amides is 1. The van der Waals surface area contributed by atoms with E-state index in [1.807, 2.05) is 0 Å². The molecule has 0 spiro atoms. The number of aliphatic carboxylic acids is 1. The van der Waals surface area contributed by atoms with Crippen LogP contribution in [0.15, 0.2) is 0 Å². The zero-order chi connectivity index (χ0) is 24.3. The molecule has 0 aromatic carbocycles. The minimum Gasteiger partial charge on any atom is -0.480 e. The van der Waals surface area contributed by atoms with Gasteiger partial charge in [-0.15, -0.1) is 0 Å². The smallest absolute Gasteiger partial charge is 0.326 e. The minimum absolute atomic E-state index is 0.0292. The number of carboxylic acids is 1. The van der Waals surface area contributed by atoms with Crippen molar-refractivity contribution in [2.75, 3.05) is 5.75 Å². The molecule has 0 saturated heterocycles. The number of carbonyl (C=O) groups excluding carboxylic acids is 4. The monoisotopic (exact) mass is 461 g/mol. The molecule has 0 fully saturated rings. The molecule has 11 nitrogen and oxygen atoms in total. The quantitative estimate of drug-likeness (QED) is 0.157. The van der Waals surface area contributed by atoms with Crippen LogP contribution in [-0.2, 0) is 24.0 Å². The molecule has 0 saturated carbocycles. The molecule has 0 aliphatic heterocycles. The maximum atomic E-state index is 12.7. The van der Waals surface area contributed by atoms with E-state index < -0.39 is 53.8 Å². The van der Waals surface area contributed by atoms with Gasteiger partial charge in [0.1, 0.15) is 18.1 Å². The SMILES string of the molecule is CCC(C)C(NC(=O)C(CS)NC(=O)C(NC(=O)C(N)CCC(N)=O)C(C)C)C(=O)O. The van der Waals surface area contributed by atoms with Gasteiger partial charge < -0.3 is 32.5 Å². The lowest BCUT2D eigenvalue weighted by molar-refractivity contribution is -0.143. The molecule has 0 aromatic heterocycles. The van der Waals surface area contributed by atoms with Gasteiger partial charge in [0.25, 0.3) is 0 Å². The Morgan fingerprint density at radius 1 is 0.935 bits per heavy atom. The predicted octanol–water partition coefficient (Wildman–Crippen LogP) is -1.25. The van der Waals surface area contributed by atoms with Crippen LogP contribution in [0.3, 0.4) is 0 Å². The van der Waals surface area contributed by atoms with Gasteiger partial charge in [0.15, 0.2) is 0 Å². The van der Waals surface area contributed by atoms with Crippen LogP contribution < -0.4 is 27.4 Å². The number of thiol groups is 1. The maximum Gasteiger partial charge on any atom is 0.326 e. The first kappa shape index (κ1) is 28.7. The second kappa shape index (κ2) is 13.9. The largest absolute Gasteiger partial charge is 0.480 e. The molecule has 5 atom stereocenters. The van der Waals surface area contributed by atoms with Gasteiger partial charge in [0, 0.05) is 12.2 Å². The molecule has 5 unspecified atom stereocenters. The lowest BCUT2D eigenvalue weighted by Crippen LogP contribution is -2.59. The molecule has 31 heavy (non-hydrogen) atoms. The Morgan fingerprint density at radius 2 is 1.48 bits per heavy atom. The summed E-state index contributed by atoms with van der Waals surface area (Å²) in [4.78, 5) is 59.8. The molecule has 0 radical (unpaired) electrons. The van der Waals surface area contributed by atoms with Gasteiger partial charge in [-0.2, -0.15) is 12.6 Å². The fourth-order valence-electron chi connectivity index (χ4n) is 2.62. The van der Waals surface area contributed by atoms with E-state index in [0.29, 0.717) is 6.42 Å². The maximum absolute atomic E-state index is 12.7. The number of hydrogen-bond acceptors (Lipinski definition) is 7. The summed E-state index contributed by atoms with van der Waals surface area (Å²) >= 11 is 4.07. The van der Waals surface area contributed by atoms with Gasteiger partial charge in [-0.1, -0.05) is 34.1 Å². The molecular formula is C19H35N5O6S. The first-order valence-corrected chi connectivity index (χ1v) is 10.8. The highest BCUT2D eigenvalue weighted by Gasteiger charge is 2.32. The van der Waals surface area contributed by atoms with E-state index in [-0.39, 0.29) is 30.4 Å². The van der Waals surface area contributed by atoms with Gasteiger partial charge in [-0.05, 0) is 18.3 Å². The van der Waals surface area contributed by atoms with Crippen molar-refractivity contribution in [1.29, 1.82) is 0 Å². The predicted molar refractivity (Wildman–Crippen MR) is 118 cm³/mol. The summed E-state index contributed by atoms with van der Waals surface area (Å²) in [5.41, 5.74) is 10.8.